The molecule has 0 radical (unpaired) electrons. The summed E-state index contributed by atoms with van der Waals surface area (Å²) >= 11 is 4.21. The molecule has 0 heterocycles. The van der Waals surface area contributed by atoms with Gasteiger partial charge in [-0.25, -0.2) is 0 Å². The average Bonchev–Trinajstić information content (AvgIpc) is 1.63. The minimum Gasteiger partial charge on any atom is -0.381 e. The van der Waals surface area contributed by atoms with Gasteiger partial charge in [-0.1, -0.05) is 0 Å². The third kappa shape index (κ3) is 4.21. The van der Waals surface area contributed by atoms with Crippen LogP contribution >= 0.6 is 12.6 Å². The lowest BCUT2D eigenvalue weighted by molar-refractivity contribution is 0.503. The molecule has 0 aromatic heterocycles. The highest BCUT2D eigenvalue weighted by atomic mass is 32.1. The molecule has 54 valence electrons. The second kappa shape index (κ2) is 3.67. The first kappa shape index (κ1) is 8.69. The number of hydrogen-bond donors (Lipinski definition) is 1. The summed E-state index contributed by atoms with van der Waals surface area (Å²) in [6.07, 6.45) is 1.95. The van der Waals surface area contributed by atoms with Crippen LogP contribution in [0.3, 0.4) is 0 Å². The quantitative estimate of drug-likeness (QED) is 0.577. The van der Waals surface area contributed by atoms with Gasteiger partial charge in [-0.3, -0.25) is 0 Å². The summed E-state index contributed by atoms with van der Waals surface area (Å²) in [5.74, 6) is 0. The molecule has 3 heteroatoms. The van der Waals surface area contributed by atoms with Crippen LogP contribution in [0.2, 0.25) is 0 Å². The SMILES string of the molecule is CN(C)/C=C(/S)N(C)C. The van der Waals surface area contributed by atoms with Gasteiger partial charge in [0, 0.05) is 34.4 Å². The third-order valence-corrected chi connectivity index (χ3v) is 1.35. The lowest BCUT2D eigenvalue weighted by Gasteiger charge is -2.14. The Labute approximate surface area is 62.5 Å². The van der Waals surface area contributed by atoms with Gasteiger partial charge >= 0.3 is 0 Å². The van der Waals surface area contributed by atoms with Gasteiger partial charge in [-0.15, -0.1) is 12.6 Å². The van der Waals surface area contributed by atoms with E-state index in [1.165, 1.54) is 0 Å². The fraction of sp³-hybridized carbons (Fsp3) is 0.667. The zero-order valence-corrected chi connectivity index (χ0v) is 7.31. The molecule has 0 fully saturated rings. The number of nitrogens with zero attached hydrogens (tertiary/aromatic N) is 2. The fourth-order valence-corrected chi connectivity index (χ4v) is 0.577. The summed E-state index contributed by atoms with van der Waals surface area (Å²) in [6.45, 7) is 0. The van der Waals surface area contributed by atoms with E-state index in [0.29, 0.717) is 0 Å². The van der Waals surface area contributed by atoms with Crippen LogP contribution in [0.25, 0.3) is 0 Å². The Balaban J connectivity index is 3.84. The smallest absolute Gasteiger partial charge is 0.0833 e. The first-order valence-electron chi connectivity index (χ1n) is 2.78. The average molecular weight is 146 g/mol. The van der Waals surface area contributed by atoms with Gasteiger partial charge in [0.25, 0.3) is 0 Å². The number of rotatable bonds is 2. The van der Waals surface area contributed by atoms with Crippen LogP contribution in [0.15, 0.2) is 11.2 Å². The Morgan fingerprint density at radius 2 is 1.67 bits per heavy atom. The molecule has 0 aromatic rings. The molecule has 0 rings (SSSR count). The number of thiol groups is 1. The van der Waals surface area contributed by atoms with E-state index in [1.54, 1.807) is 0 Å². The molecule has 0 atom stereocenters. The molecule has 0 saturated carbocycles. The summed E-state index contributed by atoms with van der Waals surface area (Å²) < 4.78 is 0. The van der Waals surface area contributed by atoms with Crippen molar-refractivity contribution in [1.29, 1.82) is 0 Å². The van der Waals surface area contributed by atoms with Crippen LogP contribution in [0, 0.1) is 0 Å². The minimum absolute atomic E-state index is 0.958. The van der Waals surface area contributed by atoms with E-state index in [4.69, 9.17) is 0 Å². The first-order valence-corrected chi connectivity index (χ1v) is 3.23. The Bertz CT molecular complexity index is 108. The van der Waals surface area contributed by atoms with Crippen LogP contribution < -0.4 is 0 Å². The van der Waals surface area contributed by atoms with E-state index in [1.807, 2.05) is 44.2 Å². The van der Waals surface area contributed by atoms with Crippen molar-refractivity contribution in [3.05, 3.63) is 11.2 Å². The Morgan fingerprint density at radius 3 is 1.78 bits per heavy atom. The maximum absolute atomic E-state index is 4.21. The second-order valence-electron chi connectivity index (χ2n) is 2.35. The van der Waals surface area contributed by atoms with Crippen molar-refractivity contribution in [2.75, 3.05) is 28.2 Å². The van der Waals surface area contributed by atoms with E-state index >= 15 is 0 Å². The molecule has 0 amide bonds. The zero-order valence-electron chi connectivity index (χ0n) is 6.42. The summed E-state index contributed by atoms with van der Waals surface area (Å²) in [6, 6.07) is 0. The Morgan fingerprint density at radius 1 is 1.22 bits per heavy atom. The monoisotopic (exact) mass is 146 g/mol. The molecular weight excluding hydrogens is 132 g/mol. The molecule has 0 aromatic carbocycles. The van der Waals surface area contributed by atoms with Crippen molar-refractivity contribution in [2.45, 2.75) is 0 Å². The minimum atomic E-state index is 0.958. The fourth-order valence-electron chi connectivity index (χ4n) is 0.346. The normalized spacial score (nSPS) is 11.4. The maximum atomic E-state index is 4.21. The lowest BCUT2D eigenvalue weighted by Crippen LogP contribution is -2.11. The van der Waals surface area contributed by atoms with Gasteiger partial charge in [0.15, 0.2) is 0 Å². The van der Waals surface area contributed by atoms with E-state index in [2.05, 4.69) is 12.6 Å². The summed E-state index contributed by atoms with van der Waals surface area (Å²) in [5.41, 5.74) is 0. The topological polar surface area (TPSA) is 6.48 Å². The van der Waals surface area contributed by atoms with E-state index in [9.17, 15) is 0 Å². The highest BCUT2D eigenvalue weighted by Crippen LogP contribution is 2.02. The Kier molecular flexibility index (Phi) is 3.54. The third-order valence-electron chi connectivity index (χ3n) is 0.832. The molecule has 0 N–H and O–H groups in total. The zero-order chi connectivity index (χ0) is 7.44. The molecule has 0 aliphatic heterocycles. The highest BCUT2D eigenvalue weighted by molar-refractivity contribution is 7.84. The summed E-state index contributed by atoms with van der Waals surface area (Å²) in [4.78, 5) is 3.91. The van der Waals surface area contributed by atoms with Crippen LogP contribution in [0.1, 0.15) is 0 Å². The molecule has 2 nitrogen and oxygen atoms in total. The van der Waals surface area contributed by atoms with Crippen molar-refractivity contribution in [1.82, 2.24) is 9.80 Å². The highest BCUT2D eigenvalue weighted by Gasteiger charge is 1.90. The van der Waals surface area contributed by atoms with E-state index < -0.39 is 0 Å². The molecular formula is C6H14N2S. The molecule has 0 aliphatic rings. The molecule has 0 unspecified atom stereocenters. The van der Waals surface area contributed by atoms with E-state index in [-0.39, 0.29) is 0 Å². The van der Waals surface area contributed by atoms with Gasteiger partial charge in [0.1, 0.15) is 0 Å². The Hall–Kier alpha value is -0.310. The van der Waals surface area contributed by atoms with Gasteiger partial charge in [0.2, 0.25) is 0 Å². The predicted molar refractivity (Wildman–Crippen MR) is 44.4 cm³/mol. The lowest BCUT2D eigenvalue weighted by atomic mass is 10.7. The molecule has 0 saturated heterocycles. The molecule has 0 bridgehead atoms. The van der Waals surface area contributed by atoms with Crippen LogP contribution in [-0.2, 0) is 0 Å². The van der Waals surface area contributed by atoms with Crippen molar-refractivity contribution in [3.63, 3.8) is 0 Å². The van der Waals surface area contributed by atoms with Gasteiger partial charge in [-0.05, 0) is 0 Å². The van der Waals surface area contributed by atoms with Crippen molar-refractivity contribution >= 4 is 12.6 Å². The van der Waals surface area contributed by atoms with Crippen molar-refractivity contribution in [3.8, 4) is 0 Å². The summed E-state index contributed by atoms with van der Waals surface area (Å²) in [5, 5.41) is 0.958. The van der Waals surface area contributed by atoms with Gasteiger partial charge in [0.05, 0.1) is 5.03 Å². The molecule has 0 aliphatic carbocycles. The number of hydrogen-bond acceptors (Lipinski definition) is 3. The molecule has 0 spiro atoms. The second-order valence-corrected chi connectivity index (χ2v) is 2.80. The van der Waals surface area contributed by atoms with Crippen LogP contribution in [0.5, 0.6) is 0 Å². The molecule has 9 heavy (non-hydrogen) atoms. The van der Waals surface area contributed by atoms with Gasteiger partial charge in [-0.2, -0.15) is 0 Å². The van der Waals surface area contributed by atoms with E-state index in [0.717, 1.165) is 5.03 Å². The van der Waals surface area contributed by atoms with Crippen LogP contribution in [-0.4, -0.2) is 38.0 Å². The van der Waals surface area contributed by atoms with Crippen molar-refractivity contribution < 1.29 is 0 Å². The summed E-state index contributed by atoms with van der Waals surface area (Å²) in [7, 11) is 7.87. The largest absolute Gasteiger partial charge is 0.381 e. The van der Waals surface area contributed by atoms with Crippen LogP contribution in [0.4, 0.5) is 0 Å². The van der Waals surface area contributed by atoms with Crippen molar-refractivity contribution in [2.24, 2.45) is 0 Å². The van der Waals surface area contributed by atoms with Gasteiger partial charge < -0.3 is 9.80 Å². The predicted octanol–water partition coefficient (Wildman–Crippen LogP) is 0.838. The first-order chi connectivity index (χ1) is 4.04. The standard InChI is InChI=1S/C6H14N2S/c1-7(2)5-6(9)8(3)4/h5,9H,1-4H3/b6-5+. The maximum Gasteiger partial charge on any atom is 0.0833 e.